The van der Waals surface area contributed by atoms with Gasteiger partial charge >= 0.3 is 5.97 Å². The van der Waals surface area contributed by atoms with Crippen LogP contribution in [0.1, 0.15) is 53.5 Å². The highest BCUT2D eigenvalue weighted by Crippen LogP contribution is 2.36. The Kier molecular flexibility index (Phi) is 6.46. The van der Waals surface area contributed by atoms with Crippen LogP contribution >= 0.6 is 0 Å². The number of para-hydroxylation sites is 1. The van der Waals surface area contributed by atoms with E-state index in [-0.39, 0.29) is 24.7 Å². The number of carbonyl (C=O) groups is 2. The minimum atomic E-state index is -0.798. The number of aryl methyl sites for hydroxylation is 1. The van der Waals surface area contributed by atoms with E-state index in [1.807, 2.05) is 68.4 Å². The molecule has 0 fully saturated rings. The smallest absolute Gasteiger partial charge is 0.303 e. The zero-order valence-electron chi connectivity index (χ0n) is 20.4. The van der Waals surface area contributed by atoms with Crippen molar-refractivity contribution in [3.63, 3.8) is 0 Å². The number of carboxylic acids is 1. The van der Waals surface area contributed by atoms with E-state index in [2.05, 4.69) is 15.6 Å². The van der Waals surface area contributed by atoms with Crippen molar-refractivity contribution in [2.45, 2.75) is 51.9 Å². The summed E-state index contributed by atoms with van der Waals surface area (Å²) in [7, 11) is 0. The zero-order valence-corrected chi connectivity index (χ0v) is 20.4. The molecule has 3 N–H and O–H groups in total. The van der Waals surface area contributed by atoms with Gasteiger partial charge in [-0.1, -0.05) is 37.3 Å². The lowest BCUT2D eigenvalue weighted by atomic mass is 9.90. The fourth-order valence-electron chi connectivity index (χ4n) is 5.03. The number of rotatable bonds is 8. The second-order valence-corrected chi connectivity index (χ2v) is 9.50. The van der Waals surface area contributed by atoms with Crippen molar-refractivity contribution in [3.05, 3.63) is 82.4 Å². The van der Waals surface area contributed by atoms with Crippen molar-refractivity contribution in [1.29, 1.82) is 0 Å². The van der Waals surface area contributed by atoms with Crippen molar-refractivity contribution in [3.8, 4) is 0 Å². The Labute approximate surface area is 209 Å². The molecule has 1 heterocycles. The van der Waals surface area contributed by atoms with Crippen LogP contribution < -0.4 is 10.6 Å². The lowest BCUT2D eigenvalue weighted by Crippen LogP contribution is -2.16. The quantitative estimate of drug-likeness (QED) is 0.279. The third-order valence-electron chi connectivity index (χ3n) is 6.81. The van der Waals surface area contributed by atoms with Crippen LogP contribution in [-0.4, -0.2) is 22.0 Å². The van der Waals surface area contributed by atoms with E-state index in [1.54, 1.807) is 0 Å². The Morgan fingerprint density at radius 1 is 1.06 bits per heavy atom. The van der Waals surface area contributed by atoms with E-state index >= 15 is 0 Å². The number of hydrogen-bond donors (Lipinski definition) is 3. The summed E-state index contributed by atoms with van der Waals surface area (Å²) in [6, 6.07) is 17.8. The number of amides is 1. The first-order chi connectivity index (χ1) is 17.4. The molecule has 1 aliphatic rings. The van der Waals surface area contributed by atoms with Crippen LogP contribution in [0.25, 0.3) is 11.1 Å². The Balaban J connectivity index is 1.29. The fourth-order valence-corrected chi connectivity index (χ4v) is 5.03. The number of anilines is 3. The maximum atomic E-state index is 12.9. The number of oxazole rings is 1. The second-order valence-electron chi connectivity index (χ2n) is 9.50. The molecule has 0 saturated carbocycles. The normalized spacial score (nSPS) is 13.4. The molecule has 1 aromatic heterocycles. The van der Waals surface area contributed by atoms with E-state index in [0.29, 0.717) is 11.6 Å². The Morgan fingerprint density at radius 3 is 2.67 bits per heavy atom. The predicted octanol–water partition coefficient (Wildman–Crippen LogP) is 6.13. The molecular weight excluding hydrogens is 454 g/mol. The molecule has 7 nitrogen and oxygen atoms in total. The van der Waals surface area contributed by atoms with Gasteiger partial charge in [-0.3, -0.25) is 9.59 Å². The first-order valence-corrected chi connectivity index (χ1v) is 12.3. The SMILES string of the molecule is Cc1ccccc1Nc1nc2ccc(CC(=O)Nc3ccc(C(C)CC(=O)O)c4c3CCC4)cc2o1. The van der Waals surface area contributed by atoms with Gasteiger partial charge in [-0.15, -0.1) is 0 Å². The molecule has 1 aliphatic carbocycles. The number of fused-ring (bicyclic) bond motifs is 2. The number of aliphatic carboxylic acids is 1. The monoisotopic (exact) mass is 483 g/mol. The van der Waals surface area contributed by atoms with Crippen LogP contribution in [0.3, 0.4) is 0 Å². The molecule has 4 aromatic rings. The Morgan fingerprint density at radius 2 is 1.86 bits per heavy atom. The van der Waals surface area contributed by atoms with Gasteiger partial charge in [0.25, 0.3) is 6.01 Å². The van der Waals surface area contributed by atoms with E-state index < -0.39 is 5.97 Å². The summed E-state index contributed by atoms with van der Waals surface area (Å²) in [5.41, 5.74) is 8.43. The average Bonchev–Trinajstić information content (AvgIpc) is 3.47. The molecule has 0 bridgehead atoms. The van der Waals surface area contributed by atoms with Gasteiger partial charge in [-0.25, -0.2) is 0 Å². The van der Waals surface area contributed by atoms with Crippen LogP contribution in [0.15, 0.2) is 59.0 Å². The molecule has 184 valence electrons. The average molecular weight is 484 g/mol. The van der Waals surface area contributed by atoms with Crippen LogP contribution in [0.5, 0.6) is 0 Å². The van der Waals surface area contributed by atoms with Gasteiger partial charge in [0, 0.05) is 11.4 Å². The number of benzene rings is 3. The maximum absolute atomic E-state index is 12.9. The summed E-state index contributed by atoms with van der Waals surface area (Å²) in [5.74, 6) is -0.959. The zero-order chi connectivity index (χ0) is 25.2. The molecular formula is C29H29N3O4. The summed E-state index contributed by atoms with van der Waals surface area (Å²) >= 11 is 0. The Hall–Kier alpha value is -4.13. The molecule has 0 saturated heterocycles. The van der Waals surface area contributed by atoms with Crippen molar-refractivity contribution in [2.75, 3.05) is 10.6 Å². The van der Waals surface area contributed by atoms with E-state index in [0.717, 1.165) is 58.4 Å². The predicted molar refractivity (Wildman–Crippen MR) is 140 cm³/mol. The highest BCUT2D eigenvalue weighted by molar-refractivity contribution is 5.94. The summed E-state index contributed by atoms with van der Waals surface area (Å²) in [6.45, 7) is 3.96. The molecule has 36 heavy (non-hydrogen) atoms. The minimum absolute atomic E-state index is 0.0575. The van der Waals surface area contributed by atoms with Crippen molar-refractivity contribution >= 4 is 40.4 Å². The van der Waals surface area contributed by atoms with Gasteiger partial charge in [0.1, 0.15) is 5.52 Å². The van der Waals surface area contributed by atoms with Gasteiger partial charge in [0.2, 0.25) is 5.91 Å². The van der Waals surface area contributed by atoms with Gasteiger partial charge < -0.3 is 20.2 Å². The largest absolute Gasteiger partial charge is 0.481 e. The number of carboxylic acid groups (broad SMARTS) is 1. The van der Waals surface area contributed by atoms with E-state index in [4.69, 9.17) is 4.42 Å². The van der Waals surface area contributed by atoms with Gasteiger partial charge in [0.15, 0.2) is 5.58 Å². The molecule has 5 rings (SSSR count). The lowest BCUT2D eigenvalue weighted by Gasteiger charge is -2.18. The van der Waals surface area contributed by atoms with Crippen LogP contribution in [0.4, 0.5) is 17.4 Å². The minimum Gasteiger partial charge on any atom is -0.481 e. The highest BCUT2D eigenvalue weighted by Gasteiger charge is 2.23. The molecule has 1 amide bonds. The molecule has 0 aliphatic heterocycles. The summed E-state index contributed by atoms with van der Waals surface area (Å²) in [5, 5.41) is 15.5. The van der Waals surface area contributed by atoms with Gasteiger partial charge in [-0.05, 0) is 84.2 Å². The summed E-state index contributed by atoms with van der Waals surface area (Å²) in [6.07, 6.45) is 3.13. The topological polar surface area (TPSA) is 104 Å². The number of nitrogens with zero attached hydrogens (tertiary/aromatic N) is 1. The highest BCUT2D eigenvalue weighted by atomic mass is 16.4. The van der Waals surface area contributed by atoms with Gasteiger partial charge in [0.05, 0.1) is 12.8 Å². The molecule has 1 atom stereocenters. The van der Waals surface area contributed by atoms with E-state index in [1.165, 1.54) is 5.56 Å². The first-order valence-electron chi connectivity index (χ1n) is 12.3. The molecule has 0 radical (unpaired) electrons. The fraction of sp³-hybridized carbons (Fsp3) is 0.276. The van der Waals surface area contributed by atoms with Crippen LogP contribution in [0, 0.1) is 6.92 Å². The van der Waals surface area contributed by atoms with E-state index in [9.17, 15) is 14.7 Å². The third-order valence-corrected chi connectivity index (χ3v) is 6.81. The standard InChI is InChI=1S/C29H29N3O4/c1-17-6-3-4-9-23(17)31-29-32-25-12-10-19(15-26(25)36-29)16-27(33)30-24-13-11-20(18(2)14-28(34)35)21-7-5-8-22(21)24/h3-4,6,9-13,15,18H,5,7-8,14,16H2,1-2H3,(H,30,33)(H,31,32)(H,34,35). The van der Waals surface area contributed by atoms with Crippen LogP contribution in [-0.2, 0) is 28.9 Å². The van der Waals surface area contributed by atoms with Crippen molar-refractivity contribution < 1.29 is 19.1 Å². The van der Waals surface area contributed by atoms with Crippen LogP contribution in [0.2, 0.25) is 0 Å². The second kappa shape index (κ2) is 9.85. The molecule has 1 unspecified atom stereocenters. The number of carbonyl (C=O) groups excluding carboxylic acids is 1. The molecule has 7 heteroatoms. The number of nitrogens with one attached hydrogen (secondary N) is 2. The molecule has 0 spiro atoms. The summed E-state index contributed by atoms with van der Waals surface area (Å²) < 4.78 is 5.90. The number of hydrogen-bond acceptors (Lipinski definition) is 5. The van der Waals surface area contributed by atoms with Crippen molar-refractivity contribution in [1.82, 2.24) is 4.98 Å². The lowest BCUT2D eigenvalue weighted by molar-refractivity contribution is -0.137. The summed E-state index contributed by atoms with van der Waals surface area (Å²) in [4.78, 5) is 28.6. The van der Waals surface area contributed by atoms with Gasteiger partial charge in [-0.2, -0.15) is 4.98 Å². The third kappa shape index (κ3) is 4.96. The number of aromatic nitrogens is 1. The first kappa shape index (κ1) is 23.6. The van der Waals surface area contributed by atoms with Crippen molar-refractivity contribution in [2.24, 2.45) is 0 Å². The Bertz CT molecular complexity index is 1460. The maximum Gasteiger partial charge on any atom is 0.303 e. The molecule has 3 aromatic carbocycles.